The maximum atomic E-state index is 3.80. The van der Waals surface area contributed by atoms with Gasteiger partial charge in [-0.2, -0.15) is 0 Å². The Bertz CT molecular complexity index is 373. The SMILES string of the molecule is Cc1ccc(C(NCCCC2CC2)C2CC2)cc1. The molecule has 1 aromatic rings. The Morgan fingerprint density at radius 2 is 1.83 bits per heavy atom. The molecule has 1 N–H and O–H groups in total. The number of nitrogens with one attached hydrogen (secondary N) is 1. The number of hydrogen-bond acceptors (Lipinski definition) is 1. The van der Waals surface area contributed by atoms with Gasteiger partial charge in [0.25, 0.3) is 0 Å². The van der Waals surface area contributed by atoms with Crippen molar-refractivity contribution in [2.45, 2.75) is 51.5 Å². The molecule has 1 unspecified atom stereocenters. The molecule has 1 nitrogen and oxygen atoms in total. The van der Waals surface area contributed by atoms with E-state index in [1.807, 2.05) is 0 Å². The van der Waals surface area contributed by atoms with Crippen molar-refractivity contribution < 1.29 is 0 Å². The molecular formula is C17H25N. The number of rotatable bonds is 7. The van der Waals surface area contributed by atoms with Crippen molar-refractivity contribution in [3.63, 3.8) is 0 Å². The van der Waals surface area contributed by atoms with Gasteiger partial charge in [-0.15, -0.1) is 0 Å². The van der Waals surface area contributed by atoms with Crippen molar-refractivity contribution in [2.75, 3.05) is 6.54 Å². The van der Waals surface area contributed by atoms with Crippen LogP contribution in [0.5, 0.6) is 0 Å². The molecule has 0 bridgehead atoms. The highest BCUT2D eigenvalue weighted by atomic mass is 14.9. The largest absolute Gasteiger partial charge is 0.310 e. The molecule has 18 heavy (non-hydrogen) atoms. The summed E-state index contributed by atoms with van der Waals surface area (Å²) >= 11 is 0. The summed E-state index contributed by atoms with van der Waals surface area (Å²) in [5.41, 5.74) is 2.86. The molecule has 2 aliphatic rings. The van der Waals surface area contributed by atoms with Gasteiger partial charge in [-0.1, -0.05) is 42.7 Å². The molecule has 0 spiro atoms. The standard InChI is InChI=1S/C17H25N/c1-13-4-8-15(9-5-13)17(16-10-11-16)18-12-2-3-14-6-7-14/h4-5,8-9,14,16-18H,2-3,6-7,10-12H2,1H3. The lowest BCUT2D eigenvalue weighted by atomic mass is 10.0. The van der Waals surface area contributed by atoms with E-state index in [-0.39, 0.29) is 0 Å². The first-order chi connectivity index (χ1) is 8.83. The van der Waals surface area contributed by atoms with Crippen LogP contribution in [0.3, 0.4) is 0 Å². The van der Waals surface area contributed by atoms with Crippen LogP contribution in [-0.2, 0) is 0 Å². The second-order valence-electron chi connectivity index (χ2n) is 6.27. The van der Waals surface area contributed by atoms with E-state index in [1.54, 1.807) is 0 Å². The number of aryl methyl sites for hydroxylation is 1. The second-order valence-corrected chi connectivity index (χ2v) is 6.27. The first-order valence-corrected chi connectivity index (χ1v) is 7.63. The molecule has 0 radical (unpaired) electrons. The van der Waals surface area contributed by atoms with Gasteiger partial charge in [0.15, 0.2) is 0 Å². The molecular weight excluding hydrogens is 218 g/mol. The maximum absolute atomic E-state index is 3.80. The van der Waals surface area contributed by atoms with Gasteiger partial charge < -0.3 is 5.32 Å². The molecule has 1 heteroatoms. The van der Waals surface area contributed by atoms with Crippen molar-refractivity contribution in [2.24, 2.45) is 11.8 Å². The molecule has 1 atom stereocenters. The molecule has 0 heterocycles. The van der Waals surface area contributed by atoms with E-state index in [1.165, 1.54) is 56.2 Å². The van der Waals surface area contributed by atoms with Gasteiger partial charge in [-0.05, 0) is 56.6 Å². The Labute approximate surface area is 111 Å². The normalized spacial score (nSPS) is 20.9. The fourth-order valence-electron chi connectivity index (χ4n) is 2.81. The summed E-state index contributed by atoms with van der Waals surface area (Å²) in [6, 6.07) is 9.73. The van der Waals surface area contributed by atoms with Crippen LogP contribution in [0, 0.1) is 18.8 Å². The van der Waals surface area contributed by atoms with Crippen LogP contribution in [0.15, 0.2) is 24.3 Å². The molecule has 3 rings (SSSR count). The monoisotopic (exact) mass is 243 g/mol. The van der Waals surface area contributed by atoms with Crippen molar-refractivity contribution >= 4 is 0 Å². The predicted molar refractivity (Wildman–Crippen MR) is 76.6 cm³/mol. The lowest BCUT2D eigenvalue weighted by Gasteiger charge is -2.19. The minimum Gasteiger partial charge on any atom is -0.310 e. The average molecular weight is 243 g/mol. The van der Waals surface area contributed by atoms with Gasteiger partial charge in [-0.3, -0.25) is 0 Å². The summed E-state index contributed by atoms with van der Waals surface area (Å²) in [6.07, 6.45) is 8.61. The van der Waals surface area contributed by atoms with Gasteiger partial charge in [0.2, 0.25) is 0 Å². The van der Waals surface area contributed by atoms with Gasteiger partial charge in [-0.25, -0.2) is 0 Å². The van der Waals surface area contributed by atoms with Crippen molar-refractivity contribution in [3.8, 4) is 0 Å². The topological polar surface area (TPSA) is 12.0 Å². The van der Waals surface area contributed by atoms with E-state index in [2.05, 4.69) is 36.5 Å². The molecule has 2 aliphatic carbocycles. The van der Waals surface area contributed by atoms with Crippen LogP contribution in [0.1, 0.15) is 55.7 Å². The summed E-state index contributed by atoms with van der Waals surface area (Å²) in [7, 11) is 0. The highest BCUT2D eigenvalue weighted by Gasteiger charge is 2.31. The van der Waals surface area contributed by atoms with Crippen LogP contribution in [0.25, 0.3) is 0 Å². The van der Waals surface area contributed by atoms with E-state index in [4.69, 9.17) is 0 Å². The third-order valence-electron chi connectivity index (χ3n) is 4.38. The van der Waals surface area contributed by atoms with E-state index < -0.39 is 0 Å². The number of hydrogen-bond donors (Lipinski definition) is 1. The zero-order valence-electron chi connectivity index (χ0n) is 11.5. The van der Waals surface area contributed by atoms with E-state index in [0.717, 1.165) is 11.8 Å². The lowest BCUT2D eigenvalue weighted by Crippen LogP contribution is -2.24. The molecule has 0 saturated heterocycles. The molecule has 1 aromatic carbocycles. The first-order valence-electron chi connectivity index (χ1n) is 7.63. The first kappa shape index (κ1) is 12.2. The summed E-state index contributed by atoms with van der Waals surface area (Å²) in [6.45, 7) is 3.37. The Morgan fingerprint density at radius 1 is 1.11 bits per heavy atom. The summed E-state index contributed by atoms with van der Waals surface area (Å²) in [5.74, 6) is 1.97. The van der Waals surface area contributed by atoms with E-state index >= 15 is 0 Å². The van der Waals surface area contributed by atoms with Crippen molar-refractivity contribution in [3.05, 3.63) is 35.4 Å². The highest BCUT2D eigenvalue weighted by molar-refractivity contribution is 5.25. The predicted octanol–water partition coefficient (Wildman–Crippen LogP) is 4.23. The van der Waals surface area contributed by atoms with Gasteiger partial charge in [0.05, 0.1) is 0 Å². The molecule has 0 amide bonds. The highest BCUT2D eigenvalue weighted by Crippen LogP contribution is 2.41. The van der Waals surface area contributed by atoms with Crippen molar-refractivity contribution in [1.82, 2.24) is 5.32 Å². The molecule has 2 fully saturated rings. The Kier molecular flexibility index (Phi) is 3.69. The summed E-state index contributed by atoms with van der Waals surface area (Å²) < 4.78 is 0. The Balaban J connectivity index is 1.52. The Morgan fingerprint density at radius 3 is 2.44 bits per heavy atom. The fourth-order valence-corrected chi connectivity index (χ4v) is 2.81. The quantitative estimate of drug-likeness (QED) is 0.707. The zero-order chi connectivity index (χ0) is 12.4. The van der Waals surface area contributed by atoms with Crippen LogP contribution in [0.4, 0.5) is 0 Å². The van der Waals surface area contributed by atoms with Gasteiger partial charge in [0.1, 0.15) is 0 Å². The third-order valence-corrected chi connectivity index (χ3v) is 4.38. The maximum Gasteiger partial charge on any atom is 0.0348 e. The summed E-state index contributed by atoms with van der Waals surface area (Å²) in [4.78, 5) is 0. The molecule has 0 aliphatic heterocycles. The van der Waals surface area contributed by atoms with E-state index in [0.29, 0.717) is 6.04 Å². The smallest absolute Gasteiger partial charge is 0.0348 e. The summed E-state index contributed by atoms with van der Waals surface area (Å²) in [5, 5.41) is 3.80. The second kappa shape index (κ2) is 5.44. The van der Waals surface area contributed by atoms with Crippen LogP contribution >= 0.6 is 0 Å². The third kappa shape index (κ3) is 3.35. The van der Waals surface area contributed by atoms with E-state index in [9.17, 15) is 0 Å². The lowest BCUT2D eigenvalue weighted by molar-refractivity contribution is 0.464. The fraction of sp³-hybridized carbons (Fsp3) is 0.647. The van der Waals surface area contributed by atoms with Crippen molar-refractivity contribution in [1.29, 1.82) is 0 Å². The Hall–Kier alpha value is -0.820. The zero-order valence-corrected chi connectivity index (χ0v) is 11.5. The van der Waals surface area contributed by atoms with Gasteiger partial charge in [0, 0.05) is 6.04 Å². The molecule has 98 valence electrons. The van der Waals surface area contributed by atoms with Gasteiger partial charge >= 0.3 is 0 Å². The van der Waals surface area contributed by atoms with Crippen LogP contribution in [0.2, 0.25) is 0 Å². The average Bonchev–Trinajstić information content (AvgIpc) is 3.25. The minimum absolute atomic E-state index is 0.616. The minimum atomic E-state index is 0.616. The molecule has 0 aromatic heterocycles. The van der Waals surface area contributed by atoms with Crippen LogP contribution in [-0.4, -0.2) is 6.54 Å². The number of benzene rings is 1. The van der Waals surface area contributed by atoms with Crippen LogP contribution < -0.4 is 5.32 Å². The molecule has 2 saturated carbocycles.